The quantitative estimate of drug-likeness (QED) is 0.732. The summed E-state index contributed by atoms with van der Waals surface area (Å²) >= 11 is 0.984. The molecule has 0 N–H and O–H groups in total. The molecule has 17 heavy (non-hydrogen) atoms. The number of thioether (sulfide) groups is 1. The highest BCUT2D eigenvalue weighted by atomic mass is 32.2. The molecule has 0 aliphatic carbocycles. The molecule has 0 aromatic heterocycles. The second kappa shape index (κ2) is 4.58. The molecule has 0 aromatic rings. The Balaban J connectivity index is 2.08. The largest absolute Gasteiger partial charge is 0.289 e. The number of rotatable bonds is 3. The van der Waals surface area contributed by atoms with Crippen LogP contribution in [0.1, 0.15) is 13.3 Å². The Morgan fingerprint density at radius 3 is 2.65 bits per heavy atom. The van der Waals surface area contributed by atoms with Gasteiger partial charge in [-0.15, -0.1) is 0 Å². The highest BCUT2D eigenvalue weighted by Gasteiger charge is 2.41. The lowest BCUT2D eigenvalue weighted by Gasteiger charge is -2.21. The second-order valence-corrected chi connectivity index (χ2v) is 7.20. The van der Waals surface area contributed by atoms with Gasteiger partial charge in [0.25, 0.3) is 5.24 Å². The molecule has 2 amide bonds. The summed E-state index contributed by atoms with van der Waals surface area (Å²) in [5.41, 5.74) is 0. The first kappa shape index (κ1) is 12.8. The van der Waals surface area contributed by atoms with Gasteiger partial charge in [0, 0.05) is 13.1 Å². The molecule has 1 atom stereocenters. The van der Waals surface area contributed by atoms with Gasteiger partial charge in [-0.3, -0.25) is 14.5 Å². The Morgan fingerprint density at radius 1 is 1.41 bits per heavy atom. The maximum Gasteiger partial charge on any atom is 0.289 e. The zero-order valence-corrected chi connectivity index (χ0v) is 11.1. The summed E-state index contributed by atoms with van der Waals surface area (Å²) in [6.45, 7) is 2.22. The summed E-state index contributed by atoms with van der Waals surface area (Å²) in [6.07, 6.45) is 0.539. The fraction of sp³-hybridized carbons (Fsp3) is 0.778. The molecule has 2 heterocycles. The van der Waals surface area contributed by atoms with Gasteiger partial charge in [0.05, 0.1) is 17.5 Å². The third-order valence-electron chi connectivity index (χ3n) is 3.03. The minimum atomic E-state index is -3.22. The second-order valence-electron chi connectivity index (χ2n) is 4.02. The Labute approximate surface area is 104 Å². The Morgan fingerprint density at radius 2 is 2.12 bits per heavy atom. The summed E-state index contributed by atoms with van der Waals surface area (Å²) in [5, 5.41) is -0.254. The van der Waals surface area contributed by atoms with Crippen molar-refractivity contribution < 1.29 is 18.0 Å². The maximum absolute atomic E-state index is 11.7. The molecule has 0 radical (unpaired) electrons. The van der Waals surface area contributed by atoms with Crippen LogP contribution in [0.4, 0.5) is 4.79 Å². The first-order valence-electron chi connectivity index (χ1n) is 5.42. The maximum atomic E-state index is 11.7. The molecule has 0 bridgehead atoms. The van der Waals surface area contributed by atoms with Crippen LogP contribution in [-0.2, 0) is 14.8 Å². The summed E-state index contributed by atoms with van der Waals surface area (Å²) in [4.78, 5) is 24.2. The number of hydrogen-bond donors (Lipinski definition) is 0. The van der Waals surface area contributed by atoms with Crippen molar-refractivity contribution in [3.05, 3.63) is 0 Å². The number of nitrogens with zero attached hydrogens (tertiary/aromatic N) is 2. The van der Waals surface area contributed by atoms with Crippen molar-refractivity contribution in [3.8, 4) is 0 Å². The third-order valence-corrected chi connectivity index (χ3v) is 5.72. The number of hydrogen-bond acceptors (Lipinski definition) is 5. The standard InChI is InChI=1S/C9H14N2O4S2/c1-2-17(14,15)10-4-3-7(5-10)11-8(12)6-16-9(11)13/h7H,2-6H2,1H3. The molecular weight excluding hydrogens is 264 g/mol. The fourth-order valence-electron chi connectivity index (χ4n) is 2.07. The lowest BCUT2D eigenvalue weighted by molar-refractivity contribution is -0.126. The van der Waals surface area contributed by atoms with Gasteiger partial charge in [-0.1, -0.05) is 11.8 Å². The molecule has 2 saturated heterocycles. The molecule has 96 valence electrons. The Hall–Kier alpha value is -0.600. The monoisotopic (exact) mass is 278 g/mol. The highest BCUT2D eigenvalue weighted by molar-refractivity contribution is 8.14. The van der Waals surface area contributed by atoms with Crippen LogP contribution in [0.15, 0.2) is 0 Å². The van der Waals surface area contributed by atoms with E-state index in [4.69, 9.17) is 0 Å². The van der Waals surface area contributed by atoms with Crippen LogP contribution in [-0.4, -0.2) is 59.4 Å². The van der Waals surface area contributed by atoms with Crippen LogP contribution in [0.2, 0.25) is 0 Å². The molecule has 6 nitrogen and oxygen atoms in total. The molecule has 8 heteroatoms. The number of amides is 2. The molecule has 1 unspecified atom stereocenters. The summed E-state index contributed by atoms with van der Waals surface area (Å²) in [5.74, 6) is 0.0208. The number of imide groups is 1. The zero-order valence-electron chi connectivity index (χ0n) is 9.46. The third kappa shape index (κ3) is 2.34. The van der Waals surface area contributed by atoms with E-state index in [0.29, 0.717) is 13.0 Å². The topological polar surface area (TPSA) is 74.8 Å². The van der Waals surface area contributed by atoms with Gasteiger partial charge in [0.2, 0.25) is 15.9 Å². The van der Waals surface area contributed by atoms with Gasteiger partial charge < -0.3 is 0 Å². The fourth-order valence-corrected chi connectivity index (χ4v) is 4.00. The molecular formula is C9H14N2O4S2. The predicted molar refractivity (Wildman–Crippen MR) is 64.1 cm³/mol. The van der Waals surface area contributed by atoms with Gasteiger partial charge in [-0.25, -0.2) is 8.42 Å². The average Bonchev–Trinajstić information content (AvgIpc) is 2.86. The first-order valence-corrected chi connectivity index (χ1v) is 8.02. The van der Waals surface area contributed by atoms with Crippen molar-refractivity contribution in [2.75, 3.05) is 24.6 Å². The summed E-state index contributed by atoms with van der Waals surface area (Å²) < 4.78 is 24.7. The summed E-state index contributed by atoms with van der Waals surface area (Å²) in [7, 11) is -3.22. The van der Waals surface area contributed by atoms with Crippen molar-refractivity contribution in [2.45, 2.75) is 19.4 Å². The SMILES string of the molecule is CCS(=O)(=O)N1CCC(N2C(=O)CSC2=O)C1. The van der Waals surface area contributed by atoms with E-state index >= 15 is 0 Å². The number of sulfonamides is 1. The highest BCUT2D eigenvalue weighted by Crippen LogP contribution is 2.27. The average molecular weight is 278 g/mol. The first-order chi connectivity index (χ1) is 7.95. The smallest absolute Gasteiger partial charge is 0.273 e. The van der Waals surface area contributed by atoms with E-state index in [1.165, 1.54) is 9.21 Å². The Kier molecular flexibility index (Phi) is 3.46. The van der Waals surface area contributed by atoms with E-state index in [1.54, 1.807) is 6.92 Å². The molecule has 2 aliphatic rings. The van der Waals surface area contributed by atoms with Crippen molar-refractivity contribution in [1.29, 1.82) is 0 Å². The van der Waals surface area contributed by atoms with E-state index in [2.05, 4.69) is 0 Å². The van der Waals surface area contributed by atoms with Crippen LogP contribution >= 0.6 is 11.8 Å². The van der Waals surface area contributed by atoms with E-state index in [9.17, 15) is 18.0 Å². The van der Waals surface area contributed by atoms with Crippen LogP contribution < -0.4 is 0 Å². The molecule has 0 spiro atoms. The lowest BCUT2D eigenvalue weighted by atomic mass is 10.2. The molecule has 2 aliphatic heterocycles. The minimum Gasteiger partial charge on any atom is -0.273 e. The normalized spacial score (nSPS) is 27.1. The van der Waals surface area contributed by atoms with Crippen molar-refractivity contribution >= 4 is 32.9 Å². The van der Waals surface area contributed by atoms with Crippen LogP contribution in [0.5, 0.6) is 0 Å². The van der Waals surface area contributed by atoms with Crippen LogP contribution in [0.25, 0.3) is 0 Å². The molecule has 2 fully saturated rings. The van der Waals surface area contributed by atoms with Crippen molar-refractivity contribution in [1.82, 2.24) is 9.21 Å². The van der Waals surface area contributed by atoms with E-state index in [1.807, 2.05) is 0 Å². The minimum absolute atomic E-state index is 0.0519. The van der Waals surface area contributed by atoms with Gasteiger partial charge in [0.15, 0.2) is 0 Å². The van der Waals surface area contributed by atoms with E-state index in [0.717, 1.165) is 11.8 Å². The summed E-state index contributed by atoms with van der Waals surface area (Å²) in [6, 6.07) is -0.286. The van der Waals surface area contributed by atoms with Crippen LogP contribution in [0.3, 0.4) is 0 Å². The molecule has 0 saturated carbocycles. The van der Waals surface area contributed by atoms with Crippen LogP contribution in [0, 0.1) is 0 Å². The van der Waals surface area contributed by atoms with E-state index in [-0.39, 0.29) is 35.2 Å². The van der Waals surface area contributed by atoms with Crippen molar-refractivity contribution in [2.24, 2.45) is 0 Å². The van der Waals surface area contributed by atoms with E-state index < -0.39 is 10.0 Å². The van der Waals surface area contributed by atoms with Gasteiger partial charge in [0.1, 0.15) is 0 Å². The van der Waals surface area contributed by atoms with Gasteiger partial charge in [-0.05, 0) is 13.3 Å². The zero-order chi connectivity index (χ0) is 12.6. The van der Waals surface area contributed by atoms with Crippen molar-refractivity contribution in [3.63, 3.8) is 0 Å². The molecule has 0 aromatic carbocycles. The lowest BCUT2D eigenvalue weighted by Crippen LogP contribution is -2.41. The van der Waals surface area contributed by atoms with Gasteiger partial charge >= 0.3 is 0 Å². The predicted octanol–water partition coefficient (Wildman–Crippen LogP) is 0.106. The Bertz CT molecular complexity index is 432. The van der Waals surface area contributed by atoms with Gasteiger partial charge in [-0.2, -0.15) is 4.31 Å². The number of carbonyl (C=O) groups excluding carboxylic acids is 2. The molecule has 2 rings (SSSR count). The number of carbonyl (C=O) groups is 2.